The average Bonchev–Trinajstić information content (AvgIpc) is 2.24. The van der Waals surface area contributed by atoms with Crippen LogP contribution in [0.15, 0.2) is 23.2 Å². The molecule has 0 bridgehead atoms. The number of benzene rings is 1. The number of ether oxygens (including phenoxy) is 1. The first kappa shape index (κ1) is 12.5. The largest absolute Gasteiger partial charge is 0.483 e. The quantitative estimate of drug-likeness (QED) is 0.490. The predicted molar refractivity (Wildman–Crippen MR) is 62.8 cm³/mol. The normalized spacial score (nSPS) is 10.6. The molecule has 1 aromatic carbocycles. The Balaban J connectivity index is 2.88. The van der Waals surface area contributed by atoms with Crippen molar-refractivity contribution in [2.75, 3.05) is 6.61 Å². The Bertz CT molecular complexity index is 404. The summed E-state index contributed by atoms with van der Waals surface area (Å²) in [6, 6.07) is 4.41. The second kappa shape index (κ2) is 6.12. The molecule has 5 heteroatoms. The van der Waals surface area contributed by atoms with Gasteiger partial charge in [-0.1, -0.05) is 18.5 Å². The fourth-order valence-electron chi connectivity index (χ4n) is 1.06. The molecule has 1 N–H and O–H groups in total. The monoisotopic (exact) mass is 241 g/mol. The van der Waals surface area contributed by atoms with Gasteiger partial charge in [-0.3, -0.25) is 0 Å². The van der Waals surface area contributed by atoms with Gasteiger partial charge in [0.15, 0.2) is 6.40 Å². The van der Waals surface area contributed by atoms with Gasteiger partial charge in [0.25, 0.3) is 0 Å². The van der Waals surface area contributed by atoms with E-state index in [-0.39, 0.29) is 11.3 Å². The predicted octanol–water partition coefficient (Wildman–Crippen LogP) is 3.12. The molecule has 0 heterocycles. The topological polar surface area (TPSA) is 58.9 Å². The molecule has 0 spiro atoms. The maximum absolute atomic E-state index is 10.9. The third-order valence-corrected chi connectivity index (χ3v) is 2.01. The molecule has 0 aliphatic rings. The minimum absolute atomic E-state index is 0.0979. The molecule has 0 aromatic heterocycles. The summed E-state index contributed by atoms with van der Waals surface area (Å²) in [6.07, 6.45) is 2.11. The summed E-state index contributed by atoms with van der Waals surface area (Å²) in [5.41, 5.74) is 0.386. The van der Waals surface area contributed by atoms with Crippen molar-refractivity contribution in [1.29, 1.82) is 0 Å². The maximum atomic E-state index is 10.9. The number of carboxylic acids is 1. The first-order valence-electron chi connectivity index (χ1n) is 4.82. The molecule has 4 nitrogen and oxygen atoms in total. The van der Waals surface area contributed by atoms with Gasteiger partial charge in [0.05, 0.1) is 17.9 Å². The summed E-state index contributed by atoms with van der Waals surface area (Å²) in [5, 5.41) is 9.34. The minimum atomic E-state index is -1.04. The van der Waals surface area contributed by atoms with E-state index in [9.17, 15) is 4.79 Å². The van der Waals surface area contributed by atoms with Crippen LogP contribution in [0.2, 0.25) is 5.02 Å². The van der Waals surface area contributed by atoms with Gasteiger partial charge in [-0.25, -0.2) is 9.79 Å². The van der Waals surface area contributed by atoms with Crippen molar-refractivity contribution in [2.24, 2.45) is 4.99 Å². The summed E-state index contributed by atoms with van der Waals surface area (Å²) in [7, 11) is 0. The highest BCUT2D eigenvalue weighted by Gasteiger charge is 2.09. The van der Waals surface area contributed by atoms with Crippen molar-refractivity contribution in [1.82, 2.24) is 0 Å². The van der Waals surface area contributed by atoms with Crippen LogP contribution in [0.5, 0.6) is 0 Å². The lowest BCUT2D eigenvalue weighted by Crippen LogP contribution is -1.97. The van der Waals surface area contributed by atoms with Crippen molar-refractivity contribution in [3.63, 3.8) is 0 Å². The summed E-state index contributed by atoms with van der Waals surface area (Å²) < 4.78 is 5.03. The molecule has 0 aliphatic heterocycles. The number of aromatic carboxylic acids is 1. The van der Waals surface area contributed by atoms with Crippen LogP contribution >= 0.6 is 11.6 Å². The lowest BCUT2D eigenvalue weighted by atomic mass is 10.2. The Morgan fingerprint density at radius 1 is 1.62 bits per heavy atom. The zero-order chi connectivity index (χ0) is 12.0. The Morgan fingerprint density at radius 3 is 3.00 bits per heavy atom. The van der Waals surface area contributed by atoms with Gasteiger partial charge >= 0.3 is 5.97 Å². The van der Waals surface area contributed by atoms with Gasteiger partial charge in [0, 0.05) is 5.02 Å². The molecule has 0 radical (unpaired) electrons. The third-order valence-electron chi connectivity index (χ3n) is 1.78. The second-order valence-corrected chi connectivity index (χ2v) is 3.51. The highest BCUT2D eigenvalue weighted by Crippen LogP contribution is 2.23. The van der Waals surface area contributed by atoms with E-state index in [0.717, 1.165) is 6.42 Å². The van der Waals surface area contributed by atoms with Crippen molar-refractivity contribution in [2.45, 2.75) is 13.3 Å². The second-order valence-electron chi connectivity index (χ2n) is 3.07. The number of hydrogen-bond acceptors (Lipinski definition) is 3. The smallest absolute Gasteiger partial charge is 0.337 e. The Morgan fingerprint density at radius 2 is 2.38 bits per heavy atom. The standard InChI is InChI=1S/C11H12ClNO3/c1-2-5-16-7-13-10-6-8(12)3-4-9(10)11(14)15/h3-4,6-7H,2,5H2,1H3,(H,14,15). The molecule has 0 atom stereocenters. The lowest BCUT2D eigenvalue weighted by molar-refractivity contribution is 0.0698. The molecular formula is C11H12ClNO3. The van der Waals surface area contributed by atoms with E-state index in [2.05, 4.69) is 4.99 Å². The zero-order valence-corrected chi connectivity index (χ0v) is 9.57. The SMILES string of the molecule is CCCOC=Nc1cc(Cl)ccc1C(=O)O. The van der Waals surface area contributed by atoms with Crippen LogP contribution in [-0.4, -0.2) is 24.1 Å². The molecule has 1 aromatic rings. The maximum Gasteiger partial charge on any atom is 0.337 e. The van der Waals surface area contributed by atoms with Crippen molar-refractivity contribution >= 4 is 29.7 Å². The molecule has 0 aliphatic carbocycles. The van der Waals surface area contributed by atoms with E-state index >= 15 is 0 Å². The summed E-state index contributed by atoms with van der Waals surface area (Å²) >= 11 is 5.75. The number of halogens is 1. The van der Waals surface area contributed by atoms with Crippen LogP contribution in [-0.2, 0) is 4.74 Å². The van der Waals surface area contributed by atoms with E-state index in [1.807, 2.05) is 6.92 Å². The van der Waals surface area contributed by atoms with Gasteiger partial charge in [-0.05, 0) is 24.6 Å². The minimum Gasteiger partial charge on any atom is -0.483 e. The highest BCUT2D eigenvalue weighted by atomic mass is 35.5. The Labute approximate surface area is 98.5 Å². The first-order valence-corrected chi connectivity index (χ1v) is 5.20. The van der Waals surface area contributed by atoms with E-state index in [1.54, 1.807) is 0 Å². The van der Waals surface area contributed by atoms with Crippen molar-refractivity contribution in [3.05, 3.63) is 28.8 Å². The van der Waals surface area contributed by atoms with Crippen LogP contribution in [0.3, 0.4) is 0 Å². The molecule has 1 rings (SSSR count). The summed E-state index contributed by atoms with van der Waals surface area (Å²) in [4.78, 5) is 14.8. The van der Waals surface area contributed by atoms with Crippen LogP contribution < -0.4 is 0 Å². The van der Waals surface area contributed by atoms with E-state index in [4.69, 9.17) is 21.4 Å². The Hall–Kier alpha value is -1.55. The molecule has 0 fully saturated rings. The number of aliphatic imine (C=N–C) groups is 1. The summed E-state index contributed by atoms with van der Waals surface area (Å²) in [5.74, 6) is -1.04. The Kier molecular flexibility index (Phi) is 4.79. The third kappa shape index (κ3) is 3.55. The zero-order valence-electron chi connectivity index (χ0n) is 8.81. The molecule has 16 heavy (non-hydrogen) atoms. The molecular weight excluding hydrogens is 230 g/mol. The highest BCUT2D eigenvalue weighted by molar-refractivity contribution is 6.31. The van der Waals surface area contributed by atoms with Crippen LogP contribution in [0, 0.1) is 0 Å². The number of carbonyl (C=O) groups is 1. The molecule has 0 saturated carbocycles. The number of nitrogens with zero attached hydrogens (tertiary/aromatic N) is 1. The van der Waals surface area contributed by atoms with Gasteiger partial charge in [0.1, 0.15) is 0 Å². The average molecular weight is 242 g/mol. The molecule has 86 valence electrons. The van der Waals surface area contributed by atoms with Crippen LogP contribution in [0.1, 0.15) is 23.7 Å². The van der Waals surface area contributed by atoms with Crippen molar-refractivity contribution < 1.29 is 14.6 Å². The van der Waals surface area contributed by atoms with E-state index < -0.39 is 5.97 Å². The number of carboxylic acid groups (broad SMARTS) is 1. The fourth-order valence-corrected chi connectivity index (χ4v) is 1.22. The van der Waals surface area contributed by atoms with Crippen molar-refractivity contribution in [3.8, 4) is 0 Å². The van der Waals surface area contributed by atoms with Gasteiger partial charge in [-0.2, -0.15) is 0 Å². The fraction of sp³-hybridized carbons (Fsp3) is 0.273. The van der Waals surface area contributed by atoms with E-state index in [0.29, 0.717) is 11.6 Å². The van der Waals surface area contributed by atoms with Gasteiger partial charge in [0.2, 0.25) is 0 Å². The summed E-state index contributed by atoms with van der Waals surface area (Å²) in [6.45, 7) is 2.52. The number of rotatable bonds is 5. The van der Waals surface area contributed by atoms with Crippen LogP contribution in [0.25, 0.3) is 0 Å². The van der Waals surface area contributed by atoms with Gasteiger partial charge in [-0.15, -0.1) is 0 Å². The van der Waals surface area contributed by atoms with E-state index in [1.165, 1.54) is 24.6 Å². The molecule has 0 unspecified atom stereocenters. The number of hydrogen-bond donors (Lipinski definition) is 1. The molecule has 0 amide bonds. The van der Waals surface area contributed by atoms with Gasteiger partial charge < -0.3 is 9.84 Å². The first-order chi connectivity index (χ1) is 7.65. The van der Waals surface area contributed by atoms with Crippen LogP contribution in [0.4, 0.5) is 5.69 Å². The molecule has 0 saturated heterocycles. The lowest BCUT2D eigenvalue weighted by Gasteiger charge is -2.01.